The number of nitrogens with zero attached hydrogens (tertiary/aromatic N) is 2. The number of nitrogens with one attached hydrogen (secondary N) is 1. The molecular weight excluding hydrogens is 477 g/mol. The van der Waals surface area contributed by atoms with Gasteiger partial charge in [-0.15, -0.1) is 0 Å². The zero-order chi connectivity index (χ0) is 26.5. The molecule has 3 aliphatic rings. The SMILES string of the molecule is COc1ccc2c(n1)CCN(C(=O)C1CC(OC(C)=O)C1)[C@H]2C(=O)Nc1cc(F)c2c(c1)CCC2(C)C. The number of carbonyl (C=O) groups excluding carboxylic acids is 3. The van der Waals surface area contributed by atoms with Crippen molar-refractivity contribution in [1.29, 1.82) is 0 Å². The lowest BCUT2D eigenvalue weighted by Gasteiger charge is -2.41. The molecule has 196 valence electrons. The summed E-state index contributed by atoms with van der Waals surface area (Å²) in [5, 5.41) is 2.87. The van der Waals surface area contributed by atoms with Crippen LogP contribution in [0.1, 0.15) is 68.5 Å². The van der Waals surface area contributed by atoms with E-state index in [0.717, 1.165) is 18.4 Å². The van der Waals surface area contributed by atoms with Crippen LogP contribution in [0.5, 0.6) is 5.88 Å². The van der Waals surface area contributed by atoms with Gasteiger partial charge in [-0.05, 0) is 60.4 Å². The molecule has 2 aromatic rings. The van der Waals surface area contributed by atoms with Crippen LogP contribution in [-0.4, -0.2) is 47.4 Å². The van der Waals surface area contributed by atoms with Crippen molar-refractivity contribution in [3.8, 4) is 5.88 Å². The highest BCUT2D eigenvalue weighted by molar-refractivity contribution is 5.99. The van der Waals surface area contributed by atoms with Crippen molar-refractivity contribution in [3.63, 3.8) is 0 Å². The summed E-state index contributed by atoms with van der Waals surface area (Å²) in [5.74, 6) is -1.17. The van der Waals surface area contributed by atoms with Gasteiger partial charge in [0, 0.05) is 43.1 Å². The van der Waals surface area contributed by atoms with E-state index in [9.17, 15) is 14.4 Å². The van der Waals surface area contributed by atoms with Crippen molar-refractivity contribution in [3.05, 3.63) is 52.5 Å². The number of hydrogen-bond acceptors (Lipinski definition) is 6. The predicted molar refractivity (Wildman–Crippen MR) is 134 cm³/mol. The smallest absolute Gasteiger partial charge is 0.302 e. The van der Waals surface area contributed by atoms with E-state index in [1.165, 1.54) is 20.1 Å². The molecule has 1 aliphatic heterocycles. The number of benzene rings is 1. The summed E-state index contributed by atoms with van der Waals surface area (Å²) in [7, 11) is 1.53. The van der Waals surface area contributed by atoms with E-state index in [-0.39, 0.29) is 35.1 Å². The second-order valence-corrected chi connectivity index (χ2v) is 10.8. The third kappa shape index (κ3) is 4.67. The standard InChI is InChI=1S/C28H32FN3O5/c1-15(33)37-19-12-17(13-19)27(35)32-10-8-22-20(5-6-23(31-22)36-4)25(32)26(34)30-18-11-16-7-9-28(2,3)24(16)21(29)14-18/h5-6,11,14,17,19,25H,7-10,12-13H2,1-4H3,(H,30,34)/t17?,19?,25-/m1/s1. The molecule has 1 fully saturated rings. The topological polar surface area (TPSA) is 97.8 Å². The molecule has 0 radical (unpaired) electrons. The summed E-state index contributed by atoms with van der Waals surface area (Å²) in [6.45, 7) is 5.71. The van der Waals surface area contributed by atoms with Crippen LogP contribution in [0.25, 0.3) is 0 Å². The summed E-state index contributed by atoms with van der Waals surface area (Å²) in [4.78, 5) is 44.5. The number of aromatic nitrogens is 1. The van der Waals surface area contributed by atoms with Gasteiger partial charge in [0.05, 0.1) is 12.8 Å². The van der Waals surface area contributed by atoms with Crippen molar-refractivity contribution >= 4 is 23.5 Å². The Morgan fingerprint density at radius 2 is 1.92 bits per heavy atom. The molecule has 8 nitrogen and oxygen atoms in total. The van der Waals surface area contributed by atoms with Crippen molar-refractivity contribution in [2.24, 2.45) is 5.92 Å². The van der Waals surface area contributed by atoms with Crippen LogP contribution < -0.4 is 10.1 Å². The first-order valence-electron chi connectivity index (χ1n) is 12.7. The lowest BCUT2D eigenvalue weighted by atomic mass is 9.80. The highest BCUT2D eigenvalue weighted by Gasteiger charge is 2.44. The van der Waals surface area contributed by atoms with Crippen molar-refractivity contribution in [1.82, 2.24) is 9.88 Å². The van der Waals surface area contributed by atoms with Gasteiger partial charge in [0.15, 0.2) is 0 Å². The number of amides is 2. The lowest BCUT2D eigenvalue weighted by molar-refractivity contribution is -0.161. The number of aryl methyl sites for hydroxylation is 1. The number of anilines is 1. The van der Waals surface area contributed by atoms with Crippen LogP contribution in [0.2, 0.25) is 0 Å². The second-order valence-electron chi connectivity index (χ2n) is 10.8. The van der Waals surface area contributed by atoms with Crippen LogP contribution in [0.15, 0.2) is 24.3 Å². The molecule has 1 saturated carbocycles. The van der Waals surface area contributed by atoms with Crippen molar-refractivity contribution < 1.29 is 28.2 Å². The Morgan fingerprint density at radius 3 is 2.62 bits per heavy atom. The monoisotopic (exact) mass is 509 g/mol. The molecule has 0 saturated heterocycles. The van der Waals surface area contributed by atoms with Crippen molar-refractivity contribution in [2.45, 2.75) is 70.4 Å². The van der Waals surface area contributed by atoms with E-state index in [4.69, 9.17) is 9.47 Å². The normalized spacial score (nSPS) is 23.4. The van der Waals surface area contributed by atoms with Gasteiger partial charge in [0.1, 0.15) is 18.0 Å². The zero-order valence-corrected chi connectivity index (χ0v) is 21.6. The molecule has 0 unspecified atom stereocenters. The lowest BCUT2D eigenvalue weighted by Crippen LogP contribution is -2.51. The van der Waals surface area contributed by atoms with Crippen LogP contribution in [0.4, 0.5) is 10.1 Å². The average Bonchev–Trinajstić information content (AvgIpc) is 3.13. The van der Waals surface area contributed by atoms with Crippen LogP contribution >= 0.6 is 0 Å². The summed E-state index contributed by atoms with van der Waals surface area (Å²) < 4.78 is 25.5. The number of esters is 1. The average molecular weight is 510 g/mol. The molecule has 1 aromatic carbocycles. The van der Waals surface area contributed by atoms with E-state index in [0.29, 0.717) is 54.2 Å². The molecule has 37 heavy (non-hydrogen) atoms. The number of ether oxygens (including phenoxy) is 2. The fraction of sp³-hybridized carbons (Fsp3) is 0.500. The fourth-order valence-corrected chi connectivity index (χ4v) is 5.90. The van der Waals surface area contributed by atoms with E-state index in [1.54, 1.807) is 17.0 Å². The maximum absolute atomic E-state index is 15.1. The van der Waals surface area contributed by atoms with Crippen LogP contribution in [-0.2, 0) is 37.4 Å². The zero-order valence-electron chi connectivity index (χ0n) is 21.6. The van der Waals surface area contributed by atoms with Gasteiger partial charge in [0.2, 0.25) is 11.8 Å². The minimum absolute atomic E-state index is 0.160. The summed E-state index contributed by atoms with van der Waals surface area (Å²) >= 11 is 0. The Hall–Kier alpha value is -3.49. The Bertz CT molecular complexity index is 1270. The number of rotatable bonds is 5. The molecular formula is C28H32FN3O5. The first kappa shape index (κ1) is 25.2. The summed E-state index contributed by atoms with van der Waals surface area (Å²) in [6, 6.07) is 5.71. The number of halogens is 1. The molecule has 2 aliphatic carbocycles. The number of hydrogen-bond donors (Lipinski definition) is 1. The van der Waals surface area contributed by atoms with Gasteiger partial charge in [-0.25, -0.2) is 9.37 Å². The molecule has 1 aromatic heterocycles. The van der Waals surface area contributed by atoms with Crippen molar-refractivity contribution in [2.75, 3.05) is 19.0 Å². The first-order chi connectivity index (χ1) is 17.6. The van der Waals surface area contributed by atoms with Gasteiger partial charge in [-0.3, -0.25) is 14.4 Å². The van der Waals surface area contributed by atoms with Gasteiger partial charge < -0.3 is 19.7 Å². The van der Waals surface area contributed by atoms with Gasteiger partial charge in [0.25, 0.3) is 5.91 Å². The number of pyridine rings is 1. The molecule has 2 amide bonds. The summed E-state index contributed by atoms with van der Waals surface area (Å²) in [6.07, 6.45) is 2.66. The Morgan fingerprint density at radius 1 is 1.16 bits per heavy atom. The van der Waals surface area contributed by atoms with Crippen LogP contribution in [0.3, 0.4) is 0 Å². The van der Waals surface area contributed by atoms with E-state index in [1.807, 2.05) is 19.9 Å². The Balaban J connectivity index is 1.42. The first-order valence-corrected chi connectivity index (χ1v) is 12.7. The quantitative estimate of drug-likeness (QED) is 0.615. The highest BCUT2D eigenvalue weighted by Crippen LogP contribution is 2.42. The molecule has 0 spiro atoms. The molecule has 0 bridgehead atoms. The molecule has 1 atom stereocenters. The van der Waals surface area contributed by atoms with Gasteiger partial charge in [-0.1, -0.05) is 13.8 Å². The Kier molecular flexibility index (Phi) is 6.41. The maximum Gasteiger partial charge on any atom is 0.302 e. The highest BCUT2D eigenvalue weighted by atomic mass is 19.1. The fourth-order valence-electron chi connectivity index (χ4n) is 5.90. The van der Waals surface area contributed by atoms with Gasteiger partial charge >= 0.3 is 5.97 Å². The van der Waals surface area contributed by atoms with E-state index in [2.05, 4.69) is 10.3 Å². The third-order valence-electron chi connectivity index (χ3n) is 7.83. The predicted octanol–water partition coefficient (Wildman–Crippen LogP) is 3.86. The number of methoxy groups -OCH3 is 1. The van der Waals surface area contributed by atoms with E-state index >= 15 is 4.39 Å². The van der Waals surface area contributed by atoms with Gasteiger partial charge in [-0.2, -0.15) is 0 Å². The molecule has 1 N–H and O–H groups in total. The third-order valence-corrected chi connectivity index (χ3v) is 7.83. The second kappa shape index (κ2) is 9.43. The molecule has 2 heterocycles. The molecule has 5 rings (SSSR count). The summed E-state index contributed by atoms with van der Waals surface area (Å²) in [5.41, 5.74) is 3.04. The largest absolute Gasteiger partial charge is 0.481 e. The molecule has 9 heteroatoms. The number of fused-ring (bicyclic) bond motifs is 2. The Labute approximate surface area is 215 Å². The minimum Gasteiger partial charge on any atom is -0.481 e. The van der Waals surface area contributed by atoms with E-state index < -0.39 is 11.9 Å². The van der Waals surface area contributed by atoms with Crippen LogP contribution in [0, 0.1) is 11.7 Å². The minimum atomic E-state index is -0.921. The maximum atomic E-state index is 15.1. The number of carbonyl (C=O) groups is 3.